The Balaban J connectivity index is 2.03. The minimum Gasteiger partial charge on any atom is -0.481 e. The molecule has 1 heterocycles. The predicted octanol–water partition coefficient (Wildman–Crippen LogP) is 2.08. The first-order valence-electron chi connectivity index (χ1n) is 6.35. The number of hydrogen-bond acceptors (Lipinski definition) is 3. The molecule has 1 N–H and O–H groups in total. The van der Waals surface area contributed by atoms with E-state index in [1.54, 1.807) is 6.20 Å². The maximum Gasteiger partial charge on any atom is 0.314 e. The minimum absolute atomic E-state index is 0.706. The van der Waals surface area contributed by atoms with Gasteiger partial charge >= 0.3 is 5.97 Å². The molecule has 1 fully saturated rings. The lowest BCUT2D eigenvalue weighted by atomic mass is 9.64. The topological polar surface area (TPSA) is 68.0 Å². The van der Waals surface area contributed by atoms with Crippen molar-refractivity contribution in [3.05, 3.63) is 41.7 Å². The lowest BCUT2D eigenvalue weighted by Gasteiger charge is -2.38. The molecule has 1 aliphatic rings. The zero-order valence-electron chi connectivity index (χ0n) is 10.7. The lowest BCUT2D eigenvalue weighted by Crippen LogP contribution is -2.42. The predicted molar refractivity (Wildman–Crippen MR) is 69.3 cm³/mol. The molecule has 0 amide bonds. The van der Waals surface area contributed by atoms with E-state index in [9.17, 15) is 9.90 Å². The van der Waals surface area contributed by atoms with Crippen LogP contribution < -0.4 is 0 Å². The molecule has 98 valence electrons. The van der Waals surface area contributed by atoms with Crippen LogP contribution in [0, 0.1) is 6.92 Å². The molecule has 0 aliphatic heterocycles. The number of carboxylic acids is 1. The number of nitrogens with zero attached hydrogens (tertiary/aromatic N) is 3. The van der Waals surface area contributed by atoms with Gasteiger partial charge in [-0.05, 0) is 37.5 Å². The van der Waals surface area contributed by atoms with Crippen LogP contribution in [0.15, 0.2) is 30.5 Å². The van der Waals surface area contributed by atoms with Crippen LogP contribution in [0.25, 0.3) is 5.69 Å². The summed E-state index contributed by atoms with van der Waals surface area (Å²) < 4.78 is 0. The fourth-order valence-electron chi connectivity index (χ4n) is 2.55. The number of carbonyl (C=O) groups is 1. The van der Waals surface area contributed by atoms with Gasteiger partial charge in [0.15, 0.2) is 0 Å². The van der Waals surface area contributed by atoms with Gasteiger partial charge in [-0.3, -0.25) is 4.79 Å². The summed E-state index contributed by atoms with van der Waals surface area (Å²) in [6.07, 6.45) is 4.06. The molecule has 0 spiro atoms. The van der Waals surface area contributed by atoms with Crippen LogP contribution in [-0.4, -0.2) is 26.1 Å². The first-order valence-corrected chi connectivity index (χ1v) is 6.35. The average Bonchev–Trinajstić information content (AvgIpc) is 2.74. The smallest absolute Gasteiger partial charge is 0.314 e. The van der Waals surface area contributed by atoms with Crippen molar-refractivity contribution in [2.45, 2.75) is 31.6 Å². The van der Waals surface area contributed by atoms with E-state index >= 15 is 0 Å². The molecule has 1 aromatic carbocycles. The number of aliphatic carboxylic acids is 1. The van der Waals surface area contributed by atoms with E-state index in [0.29, 0.717) is 12.8 Å². The largest absolute Gasteiger partial charge is 0.481 e. The zero-order valence-corrected chi connectivity index (χ0v) is 10.7. The highest BCUT2D eigenvalue weighted by molar-refractivity contribution is 5.82. The van der Waals surface area contributed by atoms with E-state index in [1.165, 1.54) is 4.80 Å². The number of carboxylic acid groups (broad SMARTS) is 1. The monoisotopic (exact) mass is 257 g/mol. The number of aryl methyl sites for hydroxylation is 1. The van der Waals surface area contributed by atoms with Gasteiger partial charge < -0.3 is 5.11 Å². The second-order valence-electron chi connectivity index (χ2n) is 5.07. The van der Waals surface area contributed by atoms with Crippen LogP contribution in [-0.2, 0) is 10.2 Å². The standard InChI is InChI=1S/C14H15N3O2/c1-10-9-15-17(16-10)12-5-2-4-11(8-12)14(13(18)19)6-3-7-14/h2,4-5,8-9H,3,6-7H2,1H3,(H,18,19). The van der Waals surface area contributed by atoms with E-state index in [4.69, 9.17) is 0 Å². The third kappa shape index (κ3) is 1.82. The van der Waals surface area contributed by atoms with Crippen LogP contribution >= 0.6 is 0 Å². The third-order valence-corrected chi connectivity index (χ3v) is 3.85. The Kier molecular flexibility index (Phi) is 2.62. The second-order valence-corrected chi connectivity index (χ2v) is 5.07. The maximum absolute atomic E-state index is 11.5. The van der Waals surface area contributed by atoms with Gasteiger partial charge in [0, 0.05) is 0 Å². The van der Waals surface area contributed by atoms with Crippen LogP contribution in [0.1, 0.15) is 30.5 Å². The summed E-state index contributed by atoms with van der Waals surface area (Å²) in [6.45, 7) is 1.87. The fraction of sp³-hybridized carbons (Fsp3) is 0.357. The quantitative estimate of drug-likeness (QED) is 0.914. The Bertz CT molecular complexity index is 629. The van der Waals surface area contributed by atoms with Gasteiger partial charge in [-0.15, -0.1) is 0 Å². The van der Waals surface area contributed by atoms with Gasteiger partial charge in [-0.2, -0.15) is 15.0 Å². The SMILES string of the molecule is Cc1cnn(-c2cccc(C3(C(=O)O)CCC3)c2)n1. The number of aromatic nitrogens is 3. The summed E-state index contributed by atoms with van der Waals surface area (Å²) in [4.78, 5) is 13.1. The maximum atomic E-state index is 11.5. The summed E-state index contributed by atoms with van der Waals surface area (Å²) in [5, 5.41) is 17.9. The van der Waals surface area contributed by atoms with Crippen LogP contribution in [0.5, 0.6) is 0 Å². The van der Waals surface area contributed by atoms with Crippen molar-refractivity contribution in [2.75, 3.05) is 0 Å². The lowest BCUT2D eigenvalue weighted by molar-refractivity contribution is -0.147. The molecular weight excluding hydrogens is 242 g/mol. The van der Waals surface area contributed by atoms with Crippen LogP contribution in [0.4, 0.5) is 0 Å². The molecule has 0 unspecified atom stereocenters. The molecule has 1 saturated carbocycles. The molecule has 0 bridgehead atoms. The van der Waals surface area contributed by atoms with Crippen molar-refractivity contribution in [2.24, 2.45) is 0 Å². The number of benzene rings is 1. The second kappa shape index (κ2) is 4.19. The highest BCUT2D eigenvalue weighted by Gasteiger charge is 2.45. The van der Waals surface area contributed by atoms with Crippen molar-refractivity contribution >= 4 is 5.97 Å². The molecule has 2 aromatic rings. The number of hydrogen-bond donors (Lipinski definition) is 1. The summed E-state index contributed by atoms with van der Waals surface area (Å²) in [5.74, 6) is -0.736. The minimum atomic E-state index is -0.736. The van der Waals surface area contributed by atoms with Crippen molar-refractivity contribution in [3.63, 3.8) is 0 Å². The highest BCUT2D eigenvalue weighted by atomic mass is 16.4. The van der Waals surface area contributed by atoms with Gasteiger partial charge in [0.05, 0.1) is 23.0 Å². The van der Waals surface area contributed by atoms with Gasteiger partial charge in [0.1, 0.15) is 0 Å². The molecule has 0 saturated heterocycles. The van der Waals surface area contributed by atoms with E-state index in [-0.39, 0.29) is 0 Å². The third-order valence-electron chi connectivity index (χ3n) is 3.85. The Labute approximate surface area is 110 Å². The number of rotatable bonds is 3. The molecule has 0 atom stereocenters. The summed E-state index contributed by atoms with van der Waals surface area (Å²) in [6, 6.07) is 7.52. The Morgan fingerprint density at radius 1 is 1.42 bits per heavy atom. The fourth-order valence-corrected chi connectivity index (χ4v) is 2.55. The molecule has 5 heteroatoms. The highest BCUT2D eigenvalue weighted by Crippen LogP contribution is 2.44. The van der Waals surface area contributed by atoms with Crippen molar-refractivity contribution in [1.82, 2.24) is 15.0 Å². The molecule has 1 aromatic heterocycles. The first kappa shape index (κ1) is 11.9. The van der Waals surface area contributed by atoms with E-state index in [1.807, 2.05) is 31.2 Å². The van der Waals surface area contributed by atoms with Crippen LogP contribution in [0.2, 0.25) is 0 Å². The van der Waals surface area contributed by atoms with E-state index in [2.05, 4.69) is 10.2 Å². The van der Waals surface area contributed by atoms with Crippen molar-refractivity contribution < 1.29 is 9.90 Å². The van der Waals surface area contributed by atoms with Gasteiger partial charge in [0.2, 0.25) is 0 Å². The summed E-state index contributed by atoms with van der Waals surface area (Å²) in [7, 11) is 0. The summed E-state index contributed by atoms with van der Waals surface area (Å²) >= 11 is 0. The molecule has 1 aliphatic carbocycles. The normalized spacial score (nSPS) is 16.9. The Hall–Kier alpha value is -2.17. The van der Waals surface area contributed by atoms with Gasteiger partial charge in [-0.25, -0.2) is 0 Å². The van der Waals surface area contributed by atoms with E-state index in [0.717, 1.165) is 23.4 Å². The summed E-state index contributed by atoms with van der Waals surface area (Å²) in [5.41, 5.74) is 1.77. The van der Waals surface area contributed by atoms with Crippen molar-refractivity contribution in [1.29, 1.82) is 0 Å². The molecule has 3 rings (SSSR count). The van der Waals surface area contributed by atoms with Gasteiger partial charge in [0.25, 0.3) is 0 Å². The Morgan fingerprint density at radius 3 is 2.74 bits per heavy atom. The molecule has 0 radical (unpaired) electrons. The average molecular weight is 257 g/mol. The molecular formula is C14H15N3O2. The first-order chi connectivity index (χ1) is 9.12. The molecule has 19 heavy (non-hydrogen) atoms. The molecule has 5 nitrogen and oxygen atoms in total. The Morgan fingerprint density at radius 2 is 2.21 bits per heavy atom. The van der Waals surface area contributed by atoms with E-state index < -0.39 is 11.4 Å². The van der Waals surface area contributed by atoms with Crippen molar-refractivity contribution in [3.8, 4) is 5.69 Å². The van der Waals surface area contributed by atoms with Crippen LogP contribution in [0.3, 0.4) is 0 Å². The van der Waals surface area contributed by atoms with Gasteiger partial charge in [-0.1, -0.05) is 18.6 Å². The zero-order chi connectivity index (χ0) is 13.5.